The van der Waals surface area contributed by atoms with E-state index in [9.17, 15) is 19.3 Å². The lowest BCUT2D eigenvalue weighted by Crippen LogP contribution is -2.37. The lowest BCUT2D eigenvalue weighted by molar-refractivity contribution is -0.384. The molecule has 0 aliphatic heterocycles. The first-order chi connectivity index (χ1) is 13.4. The quantitative estimate of drug-likeness (QED) is 0.367. The number of likely N-dealkylation sites (N-methyl/N-ethyl adjacent to an activating group) is 1. The summed E-state index contributed by atoms with van der Waals surface area (Å²) in [4.78, 5) is 23.9. The third kappa shape index (κ3) is 6.51. The lowest BCUT2D eigenvalue weighted by Gasteiger charge is -2.17. The molecular formula is C19H23FN4O4. The average Bonchev–Trinajstić information content (AvgIpc) is 2.65. The number of nitrogens with zero attached hydrogens (tertiary/aromatic N) is 2. The van der Waals surface area contributed by atoms with Crippen LogP contribution in [0.5, 0.6) is 5.75 Å². The van der Waals surface area contributed by atoms with Crippen LogP contribution in [-0.2, 0) is 11.3 Å². The van der Waals surface area contributed by atoms with Gasteiger partial charge in [-0.15, -0.1) is 0 Å². The number of benzene rings is 2. The number of amides is 1. The third-order valence-corrected chi connectivity index (χ3v) is 3.94. The van der Waals surface area contributed by atoms with Crippen LogP contribution < -0.4 is 15.4 Å². The summed E-state index contributed by atoms with van der Waals surface area (Å²) < 4.78 is 18.6. The highest BCUT2D eigenvalue weighted by Crippen LogP contribution is 2.18. The van der Waals surface area contributed by atoms with Crippen LogP contribution in [-0.4, -0.2) is 49.5 Å². The number of nitro benzene ring substituents is 1. The first kappa shape index (κ1) is 21.1. The molecule has 28 heavy (non-hydrogen) atoms. The molecule has 0 heterocycles. The highest BCUT2D eigenvalue weighted by molar-refractivity contribution is 5.78. The Morgan fingerprint density at radius 1 is 1.21 bits per heavy atom. The first-order valence-corrected chi connectivity index (χ1v) is 8.65. The van der Waals surface area contributed by atoms with Gasteiger partial charge in [-0.2, -0.15) is 0 Å². The number of methoxy groups -OCH3 is 1. The van der Waals surface area contributed by atoms with E-state index in [1.807, 2.05) is 0 Å². The minimum atomic E-state index is -0.458. The molecule has 0 aliphatic rings. The second-order valence-corrected chi connectivity index (χ2v) is 6.22. The fourth-order valence-electron chi connectivity index (χ4n) is 2.59. The maximum absolute atomic E-state index is 13.7. The number of hydrogen-bond donors (Lipinski definition) is 2. The number of nitro groups is 1. The number of carbonyl (C=O) groups excluding carboxylic acids is 1. The van der Waals surface area contributed by atoms with Gasteiger partial charge >= 0.3 is 0 Å². The van der Waals surface area contributed by atoms with Gasteiger partial charge in [0, 0.05) is 37.5 Å². The first-order valence-electron chi connectivity index (χ1n) is 8.65. The zero-order valence-corrected chi connectivity index (χ0v) is 15.8. The molecule has 8 nitrogen and oxygen atoms in total. The standard InChI is InChI=1S/C19H23FN4O4/c1-23(12-14-3-8-18(28-2)17(20)11-14)13-19(25)22-10-9-21-15-4-6-16(7-5-15)24(26)27/h3-8,11,21H,9-10,12-13H2,1-2H3,(H,22,25). The molecule has 1 amide bonds. The van der Waals surface area contributed by atoms with E-state index in [1.165, 1.54) is 25.3 Å². The van der Waals surface area contributed by atoms with E-state index in [4.69, 9.17) is 4.74 Å². The Hall–Kier alpha value is -3.20. The summed E-state index contributed by atoms with van der Waals surface area (Å²) in [5.74, 6) is -0.401. The minimum Gasteiger partial charge on any atom is -0.494 e. The molecule has 0 atom stereocenters. The minimum absolute atomic E-state index is 0.0265. The number of rotatable bonds is 10. The van der Waals surface area contributed by atoms with Crippen molar-refractivity contribution in [2.75, 3.05) is 39.1 Å². The normalized spacial score (nSPS) is 10.6. The van der Waals surface area contributed by atoms with Gasteiger partial charge in [0.2, 0.25) is 5.91 Å². The second kappa shape index (κ2) is 10.2. The van der Waals surface area contributed by atoms with Crippen molar-refractivity contribution < 1.29 is 18.8 Å². The Kier molecular flexibility index (Phi) is 7.70. The number of halogens is 1. The maximum atomic E-state index is 13.7. The molecule has 0 fully saturated rings. The van der Waals surface area contributed by atoms with Crippen LogP contribution in [0.2, 0.25) is 0 Å². The lowest BCUT2D eigenvalue weighted by atomic mass is 10.2. The van der Waals surface area contributed by atoms with Gasteiger partial charge in [0.15, 0.2) is 11.6 Å². The number of non-ortho nitro benzene ring substituents is 1. The number of ether oxygens (including phenoxy) is 1. The number of nitrogens with one attached hydrogen (secondary N) is 2. The van der Waals surface area contributed by atoms with Crippen LogP contribution in [0.1, 0.15) is 5.56 Å². The largest absolute Gasteiger partial charge is 0.494 e. The van der Waals surface area contributed by atoms with E-state index in [2.05, 4.69) is 10.6 Å². The van der Waals surface area contributed by atoms with Crippen molar-refractivity contribution in [2.24, 2.45) is 0 Å². The van der Waals surface area contributed by atoms with Gasteiger partial charge in [0.05, 0.1) is 18.6 Å². The fraction of sp³-hybridized carbons (Fsp3) is 0.316. The van der Waals surface area contributed by atoms with Crippen LogP contribution in [0.25, 0.3) is 0 Å². The molecule has 0 radical (unpaired) electrons. The average molecular weight is 390 g/mol. The molecule has 150 valence electrons. The highest BCUT2D eigenvalue weighted by atomic mass is 19.1. The smallest absolute Gasteiger partial charge is 0.269 e. The van der Waals surface area contributed by atoms with Gasteiger partial charge < -0.3 is 15.4 Å². The van der Waals surface area contributed by atoms with Crippen molar-refractivity contribution in [1.82, 2.24) is 10.2 Å². The van der Waals surface area contributed by atoms with Gasteiger partial charge in [0.25, 0.3) is 5.69 Å². The van der Waals surface area contributed by atoms with Crippen molar-refractivity contribution >= 4 is 17.3 Å². The van der Waals surface area contributed by atoms with Gasteiger partial charge in [-0.1, -0.05) is 6.07 Å². The molecule has 0 unspecified atom stereocenters. The summed E-state index contributed by atoms with van der Waals surface area (Å²) in [5, 5.41) is 16.5. The highest BCUT2D eigenvalue weighted by Gasteiger charge is 2.09. The number of carbonyl (C=O) groups is 1. The summed E-state index contributed by atoms with van der Waals surface area (Å²) in [5.41, 5.74) is 1.51. The molecule has 2 N–H and O–H groups in total. The van der Waals surface area contributed by atoms with Crippen LogP contribution in [0.15, 0.2) is 42.5 Å². The van der Waals surface area contributed by atoms with Crippen LogP contribution in [0, 0.1) is 15.9 Å². The predicted octanol–water partition coefficient (Wildman–Crippen LogP) is 2.40. The van der Waals surface area contributed by atoms with Crippen LogP contribution in [0.4, 0.5) is 15.8 Å². The zero-order valence-electron chi connectivity index (χ0n) is 15.8. The fourth-order valence-corrected chi connectivity index (χ4v) is 2.59. The van der Waals surface area contributed by atoms with Crippen LogP contribution in [0.3, 0.4) is 0 Å². The van der Waals surface area contributed by atoms with Crippen molar-refractivity contribution in [1.29, 1.82) is 0 Å². The van der Waals surface area contributed by atoms with E-state index in [-0.39, 0.29) is 23.9 Å². The molecule has 0 aliphatic carbocycles. The topological polar surface area (TPSA) is 96.7 Å². The zero-order chi connectivity index (χ0) is 20.5. The molecule has 2 aromatic carbocycles. The number of anilines is 1. The van der Waals surface area contributed by atoms with E-state index in [0.29, 0.717) is 19.6 Å². The Balaban J connectivity index is 1.68. The Morgan fingerprint density at radius 2 is 1.93 bits per heavy atom. The van der Waals surface area contributed by atoms with Gasteiger partial charge in [-0.3, -0.25) is 19.8 Å². The molecule has 2 aromatic rings. The van der Waals surface area contributed by atoms with Gasteiger partial charge in [0.1, 0.15) is 0 Å². The van der Waals surface area contributed by atoms with Crippen molar-refractivity contribution in [3.63, 3.8) is 0 Å². The van der Waals surface area contributed by atoms with Crippen LogP contribution >= 0.6 is 0 Å². The molecular weight excluding hydrogens is 367 g/mol. The molecule has 9 heteroatoms. The summed E-state index contributed by atoms with van der Waals surface area (Å²) in [6.45, 7) is 1.48. The summed E-state index contributed by atoms with van der Waals surface area (Å²) in [6, 6.07) is 10.8. The van der Waals surface area contributed by atoms with E-state index in [0.717, 1.165) is 11.3 Å². The monoisotopic (exact) mass is 390 g/mol. The summed E-state index contributed by atoms with van der Waals surface area (Å²) in [7, 11) is 3.18. The molecule has 0 saturated carbocycles. The van der Waals surface area contributed by atoms with E-state index in [1.54, 1.807) is 36.2 Å². The summed E-state index contributed by atoms with van der Waals surface area (Å²) in [6.07, 6.45) is 0. The third-order valence-electron chi connectivity index (χ3n) is 3.94. The Morgan fingerprint density at radius 3 is 2.54 bits per heavy atom. The van der Waals surface area contributed by atoms with E-state index < -0.39 is 10.7 Å². The maximum Gasteiger partial charge on any atom is 0.269 e. The molecule has 0 saturated heterocycles. The Labute approximate surface area is 162 Å². The second-order valence-electron chi connectivity index (χ2n) is 6.22. The molecule has 0 aromatic heterocycles. The molecule has 2 rings (SSSR count). The van der Waals surface area contributed by atoms with Gasteiger partial charge in [-0.25, -0.2) is 4.39 Å². The van der Waals surface area contributed by atoms with Crippen molar-refractivity contribution in [3.05, 3.63) is 64.0 Å². The van der Waals surface area contributed by atoms with Crippen molar-refractivity contribution in [2.45, 2.75) is 6.54 Å². The molecule has 0 bridgehead atoms. The Bertz CT molecular complexity index is 814. The van der Waals surface area contributed by atoms with Gasteiger partial charge in [-0.05, 0) is 36.9 Å². The SMILES string of the molecule is COc1ccc(CN(C)CC(=O)NCCNc2ccc([N+](=O)[O-])cc2)cc1F. The van der Waals surface area contributed by atoms with Crippen molar-refractivity contribution in [3.8, 4) is 5.75 Å². The van der Waals surface area contributed by atoms with E-state index >= 15 is 0 Å². The molecule has 0 spiro atoms. The number of hydrogen-bond acceptors (Lipinski definition) is 6. The summed E-state index contributed by atoms with van der Waals surface area (Å²) >= 11 is 0. The predicted molar refractivity (Wildman–Crippen MR) is 104 cm³/mol.